The summed E-state index contributed by atoms with van der Waals surface area (Å²) < 4.78 is 16.0. The molecule has 0 spiro atoms. The normalized spacial score (nSPS) is 17.0. The number of esters is 1. The van der Waals surface area contributed by atoms with Gasteiger partial charge in [0.15, 0.2) is 0 Å². The molecule has 5 nitrogen and oxygen atoms in total. The molecule has 116 valence electrons. The lowest BCUT2D eigenvalue weighted by atomic mass is 9.98. The molecular formula is C16H23NO4. The number of carbonyl (C=O) groups excluding carboxylic acids is 1. The van der Waals surface area contributed by atoms with Gasteiger partial charge in [-0.2, -0.15) is 0 Å². The lowest BCUT2D eigenvalue weighted by Gasteiger charge is -2.22. The van der Waals surface area contributed by atoms with Gasteiger partial charge in [0.05, 0.1) is 13.7 Å². The zero-order valence-electron chi connectivity index (χ0n) is 13.1. The molecule has 21 heavy (non-hydrogen) atoms. The van der Waals surface area contributed by atoms with Gasteiger partial charge in [0.2, 0.25) is 0 Å². The van der Waals surface area contributed by atoms with Gasteiger partial charge >= 0.3 is 5.97 Å². The maximum atomic E-state index is 12.1. The van der Waals surface area contributed by atoms with Gasteiger partial charge in [-0.3, -0.25) is 5.32 Å². The molecule has 0 aromatic heterocycles. The number of fused-ring (bicyclic) bond motifs is 1. The average molecular weight is 293 g/mol. The Bertz CT molecular complexity index is 513. The first-order valence-corrected chi connectivity index (χ1v) is 7.09. The van der Waals surface area contributed by atoms with Crippen molar-refractivity contribution in [2.45, 2.75) is 31.9 Å². The van der Waals surface area contributed by atoms with Crippen LogP contribution in [0.3, 0.4) is 0 Å². The first-order chi connectivity index (χ1) is 9.98. The van der Waals surface area contributed by atoms with Gasteiger partial charge in [-0.15, -0.1) is 0 Å². The van der Waals surface area contributed by atoms with Crippen LogP contribution in [0.15, 0.2) is 18.2 Å². The lowest BCUT2D eigenvalue weighted by molar-refractivity contribution is -0.143. The van der Waals surface area contributed by atoms with Crippen molar-refractivity contribution >= 4 is 5.97 Å². The third-order valence-electron chi connectivity index (χ3n) is 3.52. The van der Waals surface area contributed by atoms with Crippen LogP contribution >= 0.6 is 0 Å². The van der Waals surface area contributed by atoms with Gasteiger partial charge in [-0.05, 0) is 19.4 Å². The van der Waals surface area contributed by atoms with Crippen molar-refractivity contribution in [3.05, 3.63) is 29.3 Å². The summed E-state index contributed by atoms with van der Waals surface area (Å²) in [5.41, 5.74) is 1.70. The highest BCUT2D eigenvalue weighted by Crippen LogP contribution is 2.40. The standard InChI is InChI=1S/C16H23NO4/c1-16(2)10-11-6-5-7-12(14(11)21-16)13(15(18)20-4)17-8-9-19-3/h5-7,13,17H,8-10H2,1-4H3. The van der Waals surface area contributed by atoms with E-state index in [1.807, 2.05) is 32.0 Å². The highest BCUT2D eigenvalue weighted by atomic mass is 16.5. The van der Waals surface area contributed by atoms with Gasteiger partial charge in [0, 0.05) is 25.6 Å². The monoisotopic (exact) mass is 293 g/mol. The van der Waals surface area contributed by atoms with Crippen LogP contribution in [0.1, 0.15) is 31.0 Å². The van der Waals surface area contributed by atoms with E-state index in [4.69, 9.17) is 14.2 Å². The number of hydrogen-bond donors (Lipinski definition) is 1. The summed E-state index contributed by atoms with van der Waals surface area (Å²) in [6, 6.07) is 5.35. The zero-order valence-corrected chi connectivity index (χ0v) is 13.1. The molecule has 0 bridgehead atoms. The third-order valence-corrected chi connectivity index (χ3v) is 3.52. The van der Waals surface area contributed by atoms with E-state index in [1.54, 1.807) is 7.11 Å². The van der Waals surface area contributed by atoms with Crippen LogP contribution in [0, 0.1) is 0 Å². The van der Waals surface area contributed by atoms with Crippen LogP contribution in [-0.4, -0.2) is 38.9 Å². The molecule has 0 saturated heterocycles. The van der Waals surface area contributed by atoms with Crippen LogP contribution in [0.5, 0.6) is 5.75 Å². The van der Waals surface area contributed by atoms with Crippen molar-refractivity contribution in [1.29, 1.82) is 0 Å². The van der Waals surface area contributed by atoms with Crippen molar-refractivity contribution in [2.24, 2.45) is 0 Å². The maximum absolute atomic E-state index is 12.1. The molecule has 0 radical (unpaired) electrons. The molecule has 5 heteroatoms. The molecule has 1 N–H and O–H groups in total. The minimum atomic E-state index is -0.547. The van der Waals surface area contributed by atoms with Gasteiger partial charge < -0.3 is 14.2 Å². The van der Waals surface area contributed by atoms with Crippen molar-refractivity contribution < 1.29 is 19.0 Å². The predicted molar refractivity (Wildman–Crippen MR) is 79.5 cm³/mol. The SMILES string of the molecule is COCCNC(C(=O)OC)c1cccc2c1OC(C)(C)C2. The van der Waals surface area contributed by atoms with Gasteiger partial charge in [-0.1, -0.05) is 18.2 Å². The van der Waals surface area contributed by atoms with Crippen molar-refractivity contribution in [3.8, 4) is 5.75 Å². The molecule has 1 aromatic rings. The highest BCUT2D eigenvalue weighted by Gasteiger charge is 2.35. The second kappa shape index (κ2) is 6.45. The summed E-state index contributed by atoms with van der Waals surface area (Å²) in [5.74, 6) is 0.468. The lowest BCUT2D eigenvalue weighted by Crippen LogP contribution is -2.32. The van der Waals surface area contributed by atoms with Crippen molar-refractivity contribution in [1.82, 2.24) is 5.32 Å². The number of benzene rings is 1. The molecule has 0 saturated carbocycles. The minimum Gasteiger partial charge on any atom is -0.487 e. The number of methoxy groups -OCH3 is 2. The second-order valence-electron chi connectivity index (χ2n) is 5.78. The second-order valence-corrected chi connectivity index (χ2v) is 5.78. The average Bonchev–Trinajstić information content (AvgIpc) is 2.77. The van der Waals surface area contributed by atoms with Crippen LogP contribution in [-0.2, 0) is 20.7 Å². The van der Waals surface area contributed by atoms with E-state index < -0.39 is 6.04 Å². The molecule has 0 aliphatic carbocycles. The Labute approximate surface area is 125 Å². The first kappa shape index (κ1) is 15.8. The van der Waals surface area contributed by atoms with E-state index in [1.165, 1.54) is 7.11 Å². The Morgan fingerprint density at radius 2 is 2.19 bits per heavy atom. The molecular weight excluding hydrogens is 270 g/mol. The van der Waals surface area contributed by atoms with Crippen molar-refractivity contribution in [3.63, 3.8) is 0 Å². The van der Waals surface area contributed by atoms with Gasteiger partial charge in [0.1, 0.15) is 17.4 Å². The highest BCUT2D eigenvalue weighted by molar-refractivity contribution is 5.79. The number of hydrogen-bond acceptors (Lipinski definition) is 5. The summed E-state index contributed by atoms with van der Waals surface area (Å²) in [4.78, 5) is 12.1. The summed E-state index contributed by atoms with van der Waals surface area (Å²) in [7, 11) is 3.02. The van der Waals surface area contributed by atoms with Gasteiger partial charge in [0.25, 0.3) is 0 Å². The maximum Gasteiger partial charge on any atom is 0.327 e. The van der Waals surface area contributed by atoms with Crippen LogP contribution in [0.4, 0.5) is 0 Å². The van der Waals surface area contributed by atoms with Crippen LogP contribution < -0.4 is 10.1 Å². The number of ether oxygens (including phenoxy) is 3. The summed E-state index contributed by atoms with van der Waals surface area (Å²) in [6.45, 7) is 5.17. The smallest absolute Gasteiger partial charge is 0.327 e. The summed E-state index contributed by atoms with van der Waals surface area (Å²) >= 11 is 0. The van der Waals surface area contributed by atoms with Gasteiger partial charge in [-0.25, -0.2) is 4.79 Å². The molecule has 1 aliphatic heterocycles. The fraction of sp³-hybridized carbons (Fsp3) is 0.562. The topological polar surface area (TPSA) is 56.8 Å². The molecule has 1 heterocycles. The Morgan fingerprint density at radius 3 is 2.86 bits per heavy atom. The molecule has 2 rings (SSSR count). The molecule has 1 unspecified atom stereocenters. The van der Waals surface area contributed by atoms with E-state index in [9.17, 15) is 4.79 Å². The predicted octanol–water partition coefficient (Wildman–Crippen LogP) is 1.85. The van der Waals surface area contributed by atoms with E-state index in [-0.39, 0.29) is 11.6 Å². The zero-order chi connectivity index (χ0) is 15.5. The molecule has 0 fully saturated rings. The fourth-order valence-corrected chi connectivity index (χ4v) is 2.61. The molecule has 1 atom stereocenters. The van der Waals surface area contributed by atoms with Crippen LogP contribution in [0.25, 0.3) is 0 Å². The Morgan fingerprint density at radius 1 is 1.43 bits per heavy atom. The third kappa shape index (κ3) is 3.54. The summed E-state index contributed by atoms with van der Waals surface area (Å²) in [6.07, 6.45) is 0.835. The first-order valence-electron chi connectivity index (χ1n) is 7.09. The Balaban J connectivity index is 2.29. The molecule has 1 aliphatic rings. The quantitative estimate of drug-likeness (QED) is 0.641. The van der Waals surface area contributed by atoms with Crippen LogP contribution in [0.2, 0.25) is 0 Å². The number of carbonyl (C=O) groups is 1. The van der Waals surface area contributed by atoms with E-state index in [0.717, 1.165) is 23.3 Å². The summed E-state index contributed by atoms with van der Waals surface area (Å²) in [5, 5.41) is 3.17. The molecule has 1 aromatic carbocycles. The Hall–Kier alpha value is -1.59. The fourth-order valence-electron chi connectivity index (χ4n) is 2.61. The van der Waals surface area contributed by atoms with E-state index >= 15 is 0 Å². The largest absolute Gasteiger partial charge is 0.487 e. The Kier molecular flexibility index (Phi) is 4.85. The van der Waals surface area contributed by atoms with Crippen molar-refractivity contribution in [2.75, 3.05) is 27.4 Å². The number of para-hydroxylation sites is 1. The number of rotatable bonds is 6. The minimum absolute atomic E-state index is 0.244. The molecule has 0 amide bonds. The number of nitrogens with one attached hydrogen (secondary N) is 1. The van der Waals surface area contributed by atoms with E-state index in [2.05, 4.69) is 5.32 Å². The van der Waals surface area contributed by atoms with E-state index in [0.29, 0.717) is 13.2 Å².